The summed E-state index contributed by atoms with van der Waals surface area (Å²) in [6.07, 6.45) is 4.40. The number of ether oxygens (including phenoxy) is 1. The predicted molar refractivity (Wildman–Crippen MR) is 83.4 cm³/mol. The first-order valence-electron chi connectivity index (χ1n) is 7.85. The van der Waals surface area contributed by atoms with Crippen LogP contribution < -0.4 is 5.73 Å². The van der Waals surface area contributed by atoms with Crippen molar-refractivity contribution >= 4 is 5.69 Å². The van der Waals surface area contributed by atoms with Gasteiger partial charge < -0.3 is 10.5 Å². The van der Waals surface area contributed by atoms with E-state index in [0.29, 0.717) is 16.9 Å². The second-order valence-corrected chi connectivity index (χ2v) is 7.55. The lowest BCUT2D eigenvalue weighted by molar-refractivity contribution is -0.0818. The van der Waals surface area contributed by atoms with Crippen molar-refractivity contribution < 1.29 is 4.74 Å². The van der Waals surface area contributed by atoms with Gasteiger partial charge in [0.25, 0.3) is 0 Å². The quantitative estimate of drug-likeness (QED) is 0.819. The normalized spacial score (nSPS) is 36.2. The van der Waals surface area contributed by atoms with Crippen molar-refractivity contribution in [1.29, 1.82) is 0 Å². The van der Waals surface area contributed by atoms with Crippen LogP contribution in [0.1, 0.15) is 58.6 Å². The van der Waals surface area contributed by atoms with Crippen LogP contribution in [-0.4, -0.2) is 6.10 Å². The fraction of sp³-hybridized carbons (Fsp3) is 0.667. The van der Waals surface area contributed by atoms with E-state index >= 15 is 0 Å². The molecule has 0 saturated heterocycles. The van der Waals surface area contributed by atoms with Crippen molar-refractivity contribution in [1.82, 2.24) is 0 Å². The zero-order chi connectivity index (χ0) is 14.5. The van der Waals surface area contributed by atoms with E-state index in [0.717, 1.165) is 11.6 Å². The van der Waals surface area contributed by atoms with Crippen molar-refractivity contribution in [3.8, 4) is 0 Å². The molecule has 2 heteroatoms. The highest BCUT2D eigenvalue weighted by Gasteiger charge is 2.62. The lowest BCUT2D eigenvalue weighted by Gasteiger charge is -2.40. The third kappa shape index (κ3) is 1.88. The zero-order valence-electron chi connectivity index (χ0n) is 13.1. The monoisotopic (exact) mass is 273 g/mol. The summed E-state index contributed by atoms with van der Waals surface area (Å²) in [5.74, 6) is 0.825. The summed E-state index contributed by atoms with van der Waals surface area (Å²) in [6.45, 7) is 9.44. The minimum atomic E-state index is 0.121. The number of hydrogen-bond donors (Lipinski definition) is 1. The van der Waals surface area contributed by atoms with Gasteiger partial charge in [0.1, 0.15) is 0 Å². The molecule has 110 valence electrons. The number of nitrogens with two attached hydrogens (primary N) is 1. The van der Waals surface area contributed by atoms with Crippen LogP contribution in [0.15, 0.2) is 24.3 Å². The number of fused-ring (bicyclic) bond motifs is 2. The van der Waals surface area contributed by atoms with Gasteiger partial charge >= 0.3 is 0 Å². The van der Waals surface area contributed by atoms with E-state index in [-0.39, 0.29) is 6.10 Å². The van der Waals surface area contributed by atoms with Gasteiger partial charge in [-0.05, 0) is 60.6 Å². The maximum atomic E-state index is 6.47. The van der Waals surface area contributed by atoms with Crippen LogP contribution in [0.4, 0.5) is 5.69 Å². The highest BCUT2D eigenvalue weighted by atomic mass is 16.5. The minimum absolute atomic E-state index is 0.121. The van der Waals surface area contributed by atoms with Gasteiger partial charge in [0.15, 0.2) is 0 Å². The lowest BCUT2D eigenvalue weighted by atomic mass is 9.70. The fourth-order valence-corrected chi connectivity index (χ4v) is 4.47. The Morgan fingerprint density at radius 2 is 2.05 bits per heavy atom. The van der Waals surface area contributed by atoms with Gasteiger partial charge in [-0.1, -0.05) is 32.9 Å². The van der Waals surface area contributed by atoms with Gasteiger partial charge in [-0.2, -0.15) is 0 Å². The highest BCUT2D eigenvalue weighted by molar-refractivity contribution is 5.41. The molecule has 2 saturated carbocycles. The number of nitrogen functional groups attached to an aromatic ring is 1. The molecule has 2 aliphatic rings. The molecular formula is C18H27NO. The Bertz CT molecular complexity index is 510. The Balaban J connectivity index is 1.76. The summed E-state index contributed by atoms with van der Waals surface area (Å²) in [6, 6.07) is 8.09. The number of benzene rings is 1. The average Bonchev–Trinajstić information content (AvgIpc) is 2.72. The van der Waals surface area contributed by atoms with Gasteiger partial charge in [-0.15, -0.1) is 0 Å². The third-order valence-corrected chi connectivity index (χ3v) is 6.46. The Morgan fingerprint density at radius 1 is 1.30 bits per heavy atom. The van der Waals surface area contributed by atoms with Crippen LogP contribution in [0.2, 0.25) is 0 Å². The van der Waals surface area contributed by atoms with E-state index in [2.05, 4.69) is 33.8 Å². The van der Waals surface area contributed by atoms with E-state index in [9.17, 15) is 0 Å². The minimum Gasteiger partial charge on any atom is -0.399 e. The molecule has 0 aliphatic heterocycles. The predicted octanol–water partition coefficient (Wildman–Crippen LogP) is 4.56. The molecule has 0 radical (unpaired) electrons. The van der Waals surface area contributed by atoms with Gasteiger partial charge in [-0.3, -0.25) is 0 Å². The first kappa shape index (κ1) is 13.9. The molecule has 1 aromatic carbocycles. The number of rotatable bonds is 3. The molecule has 2 fully saturated rings. The van der Waals surface area contributed by atoms with E-state index in [1.54, 1.807) is 0 Å². The SMILES string of the molecule is CC(OC1CC2CCC1(C)C2(C)C)c1cccc(N)c1. The van der Waals surface area contributed by atoms with Crippen LogP contribution in [0.5, 0.6) is 0 Å². The van der Waals surface area contributed by atoms with Gasteiger partial charge in [0, 0.05) is 5.69 Å². The molecule has 2 aliphatic carbocycles. The van der Waals surface area contributed by atoms with E-state index in [1.165, 1.54) is 24.8 Å². The maximum absolute atomic E-state index is 6.47. The third-order valence-electron chi connectivity index (χ3n) is 6.46. The van der Waals surface area contributed by atoms with Gasteiger partial charge in [-0.25, -0.2) is 0 Å². The standard InChI is InChI=1S/C18H27NO/c1-12(13-6-5-7-15(19)10-13)20-16-11-14-8-9-18(16,4)17(14,2)3/h5-7,10,12,14,16H,8-9,11,19H2,1-4H3. The smallest absolute Gasteiger partial charge is 0.0801 e. The molecule has 4 unspecified atom stereocenters. The van der Waals surface area contributed by atoms with E-state index in [4.69, 9.17) is 10.5 Å². The molecule has 2 nitrogen and oxygen atoms in total. The van der Waals surface area contributed by atoms with Crippen molar-refractivity contribution in [2.75, 3.05) is 5.73 Å². The first-order chi connectivity index (χ1) is 9.34. The fourth-order valence-electron chi connectivity index (χ4n) is 4.47. The Labute approximate surface area is 122 Å². The van der Waals surface area contributed by atoms with Crippen molar-refractivity contribution in [2.45, 2.75) is 59.2 Å². The molecule has 3 rings (SSSR count). The molecule has 0 heterocycles. The van der Waals surface area contributed by atoms with Crippen molar-refractivity contribution in [2.24, 2.45) is 16.7 Å². The average molecular weight is 273 g/mol. The summed E-state index contributed by atoms with van der Waals surface area (Å²) in [5.41, 5.74) is 8.62. The number of hydrogen-bond acceptors (Lipinski definition) is 2. The van der Waals surface area contributed by atoms with Gasteiger partial charge in [0.05, 0.1) is 12.2 Å². The largest absolute Gasteiger partial charge is 0.399 e. The molecule has 0 amide bonds. The molecular weight excluding hydrogens is 246 g/mol. The molecule has 4 atom stereocenters. The van der Waals surface area contributed by atoms with Crippen LogP contribution >= 0.6 is 0 Å². The first-order valence-corrected chi connectivity index (χ1v) is 7.85. The molecule has 20 heavy (non-hydrogen) atoms. The van der Waals surface area contributed by atoms with Crippen LogP contribution in [0, 0.1) is 16.7 Å². The van der Waals surface area contributed by atoms with Gasteiger partial charge in [0.2, 0.25) is 0 Å². The molecule has 2 N–H and O–H groups in total. The van der Waals surface area contributed by atoms with Crippen LogP contribution in [-0.2, 0) is 4.74 Å². The van der Waals surface area contributed by atoms with Crippen LogP contribution in [0.25, 0.3) is 0 Å². The summed E-state index contributed by atoms with van der Waals surface area (Å²) >= 11 is 0. The second kappa shape index (κ2) is 4.49. The molecule has 0 spiro atoms. The highest BCUT2D eigenvalue weighted by Crippen LogP contribution is 2.66. The van der Waals surface area contributed by atoms with E-state index < -0.39 is 0 Å². The Morgan fingerprint density at radius 3 is 2.60 bits per heavy atom. The van der Waals surface area contributed by atoms with Crippen molar-refractivity contribution in [3.05, 3.63) is 29.8 Å². The molecule has 1 aromatic rings. The number of anilines is 1. The molecule has 0 aromatic heterocycles. The van der Waals surface area contributed by atoms with Crippen LogP contribution in [0.3, 0.4) is 0 Å². The Hall–Kier alpha value is -1.02. The Kier molecular flexibility index (Phi) is 3.13. The molecule has 2 bridgehead atoms. The summed E-state index contributed by atoms with van der Waals surface area (Å²) < 4.78 is 6.47. The summed E-state index contributed by atoms with van der Waals surface area (Å²) in [7, 11) is 0. The zero-order valence-corrected chi connectivity index (χ0v) is 13.1. The lowest BCUT2D eigenvalue weighted by Crippen LogP contribution is -2.37. The topological polar surface area (TPSA) is 35.2 Å². The summed E-state index contributed by atoms with van der Waals surface area (Å²) in [4.78, 5) is 0. The van der Waals surface area contributed by atoms with Crippen molar-refractivity contribution in [3.63, 3.8) is 0 Å². The summed E-state index contributed by atoms with van der Waals surface area (Å²) in [5, 5.41) is 0. The maximum Gasteiger partial charge on any atom is 0.0801 e. The van der Waals surface area contributed by atoms with E-state index in [1.807, 2.05) is 18.2 Å². The second-order valence-electron chi connectivity index (χ2n) is 7.55.